The van der Waals surface area contributed by atoms with E-state index < -0.39 is 0 Å². The molecule has 1 N–H and O–H groups in total. The van der Waals surface area contributed by atoms with Crippen LogP contribution in [0.3, 0.4) is 0 Å². The molecular formula is C24H20Cl2N6. The molecule has 0 aliphatic carbocycles. The lowest BCUT2D eigenvalue weighted by Crippen LogP contribution is -2.02. The number of nitrogens with zero attached hydrogens (tertiary/aromatic N) is 5. The fourth-order valence-corrected chi connectivity index (χ4v) is 4.65. The number of aryl methyl sites for hydroxylation is 1. The molecule has 8 heteroatoms. The van der Waals surface area contributed by atoms with E-state index in [1.807, 2.05) is 25.1 Å². The quantitative estimate of drug-likeness (QED) is 0.319. The highest BCUT2D eigenvalue weighted by Crippen LogP contribution is 2.36. The topological polar surface area (TPSA) is 72.3 Å². The van der Waals surface area contributed by atoms with Crippen LogP contribution in [0.4, 0.5) is 0 Å². The van der Waals surface area contributed by atoms with E-state index in [1.165, 1.54) is 0 Å². The van der Waals surface area contributed by atoms with Crippen LogP contribution in [0.25, 0.3) is 33.4 Å². The Morgan fingerprint density at radius 1 is 1.00 bits per heavy atom. The maximum absolute atomic E-state index is 6.62. The maximum Gasteiger partial charge on any atom is 0.180 e. The Labute approximate surface area is 195 Å². The van der Waals surface area contributed by atoms with E-state index in [0.29, 0.717) is 22.5 Å². The Morgan fingerprint density at radius 2 is 1.75 bits per heavy atom. The Kier molecular flexibility index (Phi) is 5.41. The second-order valence-corrected chi connectivity index (χ2v) is 8.37. The van der Waals surface area contributed by atoms with Crippen LogP contribution >= 0.6 is 23.2 Å². The van der Waals surface area contributed by atoms with E-state index >= 15 is 0 Å². The van der Waals surface area contributed by atoms with Gasteiger partial charge >= 0.3 is 0 Å². The zero-order valence-corrected chi connectivity index (χ0v) is 19.1. The number of H-pyrrole nitrogens is 1. The Balaban J connectivity index is 1.52. The number of halogens is 2. The lowest BCUT2D eigenvalue weighted by molar-refractivity contribution is 0.804. The summed E-state index contributed by atoms with van der Waals surface area (Å²) in [7, 11) is 0. The van der Waals surface area contributed by atoms with Crippen LogP contribution < -0.4 is 0 Å². The first-order chi connectivity index (χ1) is 15.6. The number of benzene rings is 2. The van der Waals surface area contributed by atoms with Gasteiger partial charge in [-0.25, -0.2) is 10.1 Å². The van der Waals surface area contributed by atoms with Crippen LogP contribution in [-0.4, -0.2) is 30.2 Å². The van der Waals surface area contributed by atoms with Crippen molar-refractivity contribution in [1.29, 1.82) is 0 Å². The second-order valence-electron chi connectivity index (χ2n) is 7.63. The van der Waals surface area contributed by atoms with Gasteiger partial charge in [-0.2, -0.15) is 0 Å². The van der Waals surface area contributed by atoms with Gasteiger partial charge in [0.1, 0.15) is 5.15 Å². The summed E-state index contributed by atoms with van der Waals surface area (Å²) in [5.74, 6) is 0.644. The number of aromatic amines is 1. The average Bonchev–Trinajstić information content (AvgIpc) is 3.43. The first-order valence-corrected chi connectivity index (χ1v) is 11.1. The standard InChI is InChI=1S/C24H20Cl2N6/c1-3-17-12-20-21(23(26)27-17)22(25)14(2)32(20)13-15-8-10-16(11-9-15)18-6-4-5-7-19(18)24-28-30-31-29-24/h4-12H,3,13H2,1-2H3,(H,28,29,30,31). The van der Waals surface area contributed by atoms with Gasteiger partial charge in [-0.05, 0) is 46.5 Å². The number of hydrogen-bond donors (Lipinski definition) is 1. The molecular weight excluding hydrogens is 443 g/mol. The van der Waals surface area contributed by atoms with E-state index in [9.17, 15) is 0 Å². The molecule has 32 heavy (non-hydrogen) atoms. The molecule has 3 heterocycles. The first-order valence-electron chi connectivity index (χ1n) is 10.3. The van der Waals surface area contributed by atoms with Gasteiger partial charge < -0.3 is 4.57 Å². The minimum absolute atomic E-state index is 0.458. The zero-order valence-electron chi connectivity index (χ0n) is 17.6. The van der Waals surface area contributed by atoms with E-state index in [-0.39, 0.29) is 0 Å². The monoisotopic (exact) mass is 462 g/mol. The number of hydrogen-bond acceptors (Lipinski definition) is 4. The summed E-state index contributed by atoms with van der Waals surface area (Å²) < 4.78 is 2.20. The highest BCUT2D eigenvalue weighted by Gasteiger charge is 2.17. The van der Waals surface area contributed by atoms with E-state index in [0.717, 1.165) is 51.0 Å². The van der Waals surface area contributed by atoms with Crippen LogP contribution in [0.2, 0.25) is 10.2 Å². The zero-order chi connectivity index (χ0) is 22.2. The molecule has 0 aliphatic rings. The number of aromatic nitrogens is 6. The minimum atomic E-state index is 0.458. The highest BCUT2D eigenvalue weighted by atomic mass is 35.5. The Hall–Kier alpha value is -3.22. The third-order valence-electron chi connectivity index (χ3n) is 5.74. The smallest absolute Gasteiger partial charge is 0.180 e. The number of nitrogens with one attached hydrogen (secondary N) is 1. The molecule has 0 unspecified atom stereocenters. The summed E-state index contributed by atoms with van der Waals surface area (Å²) in [5, 5.41) is 16.2. The lowest BCUT2D eigenvalue weighted by Gasteiger charge is -2.11. The van der Waals surface area contributed by atoms with Crippen molar-refractivity contribution < 1.29 is 0 Å². The van der Waals surface area contributed by atoms with Gasteiger partial charge in [-0.3, -0.25) is 0 Å². The normalized spacial score (nSPS) is 11.4. The van der Waals surface area contributed by atoms with Crippen molar-refractivity contribution in [2.45, 2.75) is 26.8 Å². The number of tetrazole rings is 1. The first kappa shape index (κ1) is 20.7. The summed E-state index contributed by atoms with van der Waals surface area (Å²) in [6.45, 7) is 4.77. The van der Waals surface area contributed by atoms with Crippen LogP contribution in [0.15, 0.2) is 54.6 Å². The predicted molar refractivity (Wildman–Crippen MR) is 128 cm³/mol. The molecule has 6 nitrogen and oxygen atoms in total. The number of pyridine rings is 1. The predicted octanol–water partition coefficient (Wildman–Crippen LogP) is 6.11. The molecule has 0 spiro atoms. The van der Waals surface area contributed by atoms with Gasteiger partial charge in [0.15, 0.2) is 5.82 Å². The molecule has 0 fully saturated rings. The summed E-state index contributed by atoms with van der Waals surface area (Å²) in [6, 6.07) is 18.6. The molecule has 160 valence electrons. The molecule has 3 aromatic heterocycles. The summed E-state index contributed by atoms with van der Waals surface area (Å²) in [4.78, 5) is 4.47. The molecule has 0 saturated heterocycles. The SMILES string of the molecule is CCc1cc2c(c(Cl)n1)c(Cl)c(C)n2Cc1ccc(-c2ccccc2-c2nnn[nH]2)cc1. The molecule has 5 aromatic rings. The van der Waals surface area contributed by atoms with Gasteiger partial charge in [-0.1, -0.05) is 78.7 Å². The summed E-state index contributed by atoms with van der Waals surface area (Å²) in [5.41, 5.74) is 7.21. The van der Waals surface area contributed by atoms with Crippen molar-refractivity contribution in [2.75, 3.05) is 0 Å². The Morgan fingerprint density at radius 3 is 2.44 bits per heavy atom. The van der Waals surface area contributed by atoms with E-state index in [4.69, 9.17) is 23.2 Å². The van der Waals surface area contributed by atoms with Crippen LogP contribution in [-0.2, 0) is 13.0 Å². The van der Waals surface area contributed by atoms with Crippen molar-refractivity contribution >= 4 is 34.1 Å². The van der Waals surface area contributed by atoms with Crippen molar-refractivity contribution in [2.24, 2.45) is 0 Å². The second kappa shape index (κ2) is 8.37. The van der Waals surface area contributed by atoms with E-state index in [2.05, 4.69) is 73.5 Å². The molecule has 0 amide bonds. The molecule has 0 saturated carbocycles. The van der Waals surface area contributed by atoms with Gasteiger partial charge in [0, 0.05) is 23.5 Å². The molecule has 0 aliphatic heterocycles. The maximum atomic E-state index is 6.62. The molecule has 5 rings (SSSR count). The van der Waals surface area contributed by atoms with Crippen LogP contribution in [0.5, 0.6) is 0 Å². The lowest BCUT2D eigenvalue weighted by atomic mass is 9.98. The van der Waals surface area contributed by atoms with Gasteiger partial charge in [0.2, 0.25) is 0 Å². The number of rotatable bonds is 5. The van der Waals surface area contributed by atoms with Gasteiger partial charge in [-0.15, -0.1) is 5.10 Å². The fraction of sp³-hybridized carbons (Fsp3) is 0.167. The van der Waals surface area contributed by atoms with Gasteiger partial charge in [0.05, 0.1) is 15.9 Å². The molecule has 0 bridgehead atoms. The molecule has 0 atom stereocenters. The Bertz CT molecular complexity index is 1410. The number of fused-ring (bicyclic) bond motifs is 1. The molecule has 0 radical (unpaired) electrons. The summed E-state index contributed by atoms with van der Waals surface area (Å²) in [6.07, 6.45) is 0.812. The van der Waals surface area contributed by atoms with Crippen molar-refractivity contribution in [1.82, 2.24) is 30.2 Å². The van der Waals surface area contributed by atoms with Crippen molar-refractivity contribution in [3.8, 4) is 22.5 Å². The highest BCUT2D eigenvalue weighted by molar-refractivity contribution is 6.42. The largest absolute Gasteiger partial charge is 0.339 e. The van der Waals surface area contributed by atoms with Gasteiger partial charge in [0.25, 0.3) is 0 Å². The van der Waals surface area contributed by atoms with Crippen molar-refractivity contribution in [3.63, 3.8) is 0 Å². The summed E-state index contributed by atoms with van der Waals surface area (Å²) >= 11 is 13.1. The van der Waals surface area contributed by atoms with Crippen LogP contribution in [0.1, 0.15) is 23.9 Å². The molecule has 2 aromatic carbocycles. The van der Waals surface area contributed by atoms with E-state index in [1.54, 1.807) is 0 Å². The average molecular weight is 463 g/mol. The third-order valence-corrected chi connectivity index (χ3v) is 6.47. The van der Waals surface area contributed by atoms with Crippen LogP contribution in [0, 0.1) is 6.92 Å². The van der Waals surface area contributed by atoms with Crippen molar-refractivity contribution in [3.05, 3.63) is 81.7 Å². The fourth-order valence-electron chi connectivity index (χ4n) is 4.02. The minimum Gasteiger partial charge on any atom is -0.339 e. The third kappa shape index (κ3) is 3.55.